The second-order valence-corrected chi connectivity index (χ2v) is 8.56. The number of hydrogen-bond donors (Lipinski definition) is 0. The van der Waals surface area contributed by atoms with Gasteiger partial charge in [0.2, 0.25) is 0 Å². The van der Waals surface area contributed by atoms with Crippen LogP contribution >= 0.6 is 0 Å². The van der Waals surface area contributed by atoms with Gasteiger partial charge in [0.25, 0.3) is 0 Å². The molecule has 4 aromatic rings. The van der Waals surface area contributed by atoms with Gasteiger partial charge in [0.05, 0.1) is 0 Å². The first kappa shape index (κ1) is 15.5. The molecule has 3 atom stereocenters. The van der Waals surface area contributed by atoms with Crippen LogP contribution in [0.25, 0.3) is 21.5 Å². The van der Waals surface area contributed by atoms with Gasteiger partial charge in [-0.05, 0) is 74.9 Å². The third-order valence-electron chi connectivity index (χ3n) is 7.13. The van der Waals surface area contributed by atoms with Gasteiger partial charge in [-0.1, -0.05) is 79.7 Å². The summed E-state index contributed by atoms with van der Waals surface area (Å²) in [5.74, 6) is 1.95. The average molecular weight is 348 g/mol. The summed E-state index contributed by atoms with van der Waals surface area (Å²) >= 11 is 0. The van der Waals surface area contributed by atoms with Crippen LogP contribution in [0.15, 0.2) is 72.8 Å². The molecule has 0 saturated carbocycles. The largest absolute Gasteiger partial charge is 0.0616 e. The van der Waals surface area contributed by atoms with Crippen molar-refractivity contribution in [2.24, 2.45) is 5.92 Å². The Morgan fingerprint density at radius 2 is 1.37 bits per heavy atom. The van der Waals surface area contributed by atoms with E-state index in [0.717, 1.165) is 5.92 Å². The summed E-state index contributed by atoms with van der Waals surface area (Å²) in [6.45, 7) is 2.43. The number of rotatable bonds is 0. The van der Waals surface area contributed by atoms with Gasteiger partial charge in [0, 0.05) is 5.92 Å². The van der Waals surface area contributed by atoms with E-state index in [2.05, 4.69) is 79.7 Å². The molecule has 6 rings (SSSR count). The molecule has 0 heterocycles. The van der Waals surface area contributed by atoms with Crippen molar-refractivity contribution in [3.63, 3.8) is 0 Å². The molecule has 0 bridgehead atoms. The van der Waals surface area contributed by atoms with Crippen molar-refractivity contribution in [1.82, 2.24) is 0 Å². The number of aryl methyl sites for hydroxylation is 1. The Kier molecular flexibility index (Phi) is 3.26. The summed E-state index contributed by atoms with van der Waals surface area (Å²) in [5.41, 5.74) is 6.39. The Balaban J connectivity index is 1.73. The highest BCUT2D eigenvalue weighted by molar-refractivity contribution is 5.92. The fourth-order valence-corrected chi connectivity index (χ4v) is 5.97. The van der Waals surface area contributed by atoms with Crippen molar-refractivity contribution >= 4 is 21.5 Å². The van der Waals surface area contributed by atoms with Gasteiger partial charge in [0.1, 0.15) is 0 Å². The Morgan fingerprint density at radius 1 is 0.704 bits per heavy atom. The molecular formula is C27H24. The second kappa shape index (κ2) is 5.70. The minimum Gasteiger partial charge on any atom is -0.0616 e. The van der Waals surface area contributed by atoms with Crippen molar-refractivity contribution < 1.29 is 0 Å². The van der Waals surface area contributed by atoms with Gasteiger partial charge in [-0.25, -0.2) is 0 Å². The standard InChI is InChI=1S/C27H24/c1-17-16-21-13-12-20-11-10-18-6-2-4-8-23(18)25(20)26(21)27-22(17)15-14-19-7-3-5-9-24(19)27/h2-11,14-15,17,21,26H,12-13,16H2,1H3/t17-,21-,26-/m1/s1. The molecule has 0 spiro atoms. The minimum atomic E-state index is 0.539. The van der Waals surface area contributed by atoms with Crippen molar-refractivity contribution in [3.05, 3.63) is 95.1 Å². The molecule has 2 aliphatic rings. The minimum absolute atomic E-state index is 0.539. The van der Waals surface area contributed by atoms with E-state index >= 15 is 0 Å². The van der Waals surface area contributed by atoms with Crippen LogP contribution in [0.4, 0.5) is 0 Å². The summed E-state index contributed by atoms with van der Waals surface area (Å²) in [4.78, 5) is 0. The maximum Gasteiger partial charge on any atom is 0.0136 e. The van der Waals surface area contributed by atoms with Crippen molar-refractivity contribution in [1.29, 1.82) is 0 Å². The first-order valence-corrected chi connectivity index (χ1v) is 10.3. The summed E-state index contributed by atoms with van der Waals surface area (Å²) in [5, 5.41) is 5.71. The smallest absolute Gasteiger partial charge is 0.0136 e. The fraction of sp³-hybridized carbons (Fsp3) is 0.259. The summed E-state index contributed by atoms with van der Waals surface area (Å²) < 4.78 is 0. The first-order valence-electron chi connectivity index (χ1n) is 10.3. The molecule has 0 amide bonds. The summed E-state index contributed by atoms with van der Waals surface area (Å²) in [6.07, 6.45) is 3.87. The molecule has 0 aliphatic heterocycles. The predicted molar refractivity (Wildman–Crippen MR) is 115 cm³/mol. The highest BCUT2D eigenvalue weighted by Crippen LogP contribution is 2.54. The lowest BCUT2D eigenvalue weighted by Crippen LogP contribution is -2.29. The number of hydrogen-bond acceptors (Lipinski definition) is 0. The van der Waals surface area contributed by atoms with E-state index in [-0.39, 0.29) is 0 Å². The fourth-order valence-electron chi connectivity index (χ4n) is 5.97. The number of benzene rings is 4. The van der Waals surface area contributed by atoms with E-state index in [1.165, 1.54) is 40.8 Å². The third kappa shape index (κ3) is 2.16. The maximum atomic E-state index is 2.43. The van der Waals surface area contributed by atoms with Crippen LogP contribution in [0.5, 0.6) is 0 Å². The van der Waals surface area contributed by atoms with Gasteiger partial charge in [0.15, 0.2) is 0 Å². The Labute approximate surface area is 160 Å². The zero-order chi connectivity index (χ0) is 18.0. The molecule has 2 aliphatic carbocycles. The van der Waals surface area contributed by atoms with Crippen LogP contribution in [-0.4, -0.2) is 0 Å². The van der Waals surface area contributed by atoms with Crippen LogP contribution in [0.3, 0.4) is 0 Å². The van der Waals surface area contributed by atoms with Crippen molar-refractivity contribution in [2.45, 2.75) is 38.0 Å². The van der Waals surface area contributed by atoms with Gasteiger partial charge in [-0.15, -0.1) is 0 Å². The molecule has 0 saturated heterocycles. The molecule has 0 N–H and O–H groups in total. The van der Waals surface area contributed by atoms with E-state index in [9.17, 15) is 0 Å². The lowest BCUT2D eigenvalue weighted by molar-refractivity contribution is 0.339. The van der Waals surface area contributed by atoms with Gasteiger partial charge in [-0.3, -0.25) is 0 Å². The third-order valence-corrected chi connectivity index (χ3v) is 7.13. The quantitative estimate of drug-likeness (QED) is 0.315. The van der Waals surface area contributed by atoms with E-state index in [1.54, 1.807) is 22.3 Å². The van der Waals surface area contributed by atoms with Crippen LogP contribution in [0.2, 0.25) is 0 Å². The normalized spacial score (nSPS) is 23.7. The van der Waals surface area contributed by atoms with Crippen LogP contribution < -0.4 is 0 Å². The zero-order valence-corrected chi connectivity index (χ0v) is 15.8. The van der Waals surface area contributed by atoms with Gasteiger partial charge < -0.3 is 0 Å². The monoisotopic (exact) mass is 348 g/mol. The molecular weight excluding hydrogens is 324 g/mol. The molecule has 0 unspecified atom stereocenters. The Hall–Kier alpha value is -2.60. The highest BCUT2D eigenvalue weighted by atomic mass is 14.4. The van der Waals surface area contributed by atoms with Crippen LogP contribution in [0.1, 0.15) is 53.9 Å². The molecule has 132 valence electrons. The summed E-state index contributed by atoms with van der Waals surface area (Å²) in [7, 11) is 0. The molecule has 0 nitrogen and oxygen atoms in total. The predicted octanol–water partition coefficient (Wildman–Crippen LogP) is 7.19. The summed E-state index contributed by atoms with van der Waals surface area (Å²) in [6, 6.07) is 27.5. The second-order valence-electron chi connectivity index (χ2n) is 8.56. The van der Waals surface area contributed by atoms with E-state index in [0.29, 0.717) is 11.8 Å². The van der Waals surface area contributed by atoms with Crippen molar-refractivity contribution in [2.75, 3.05) is 0 Å². The first-order chi connectivity index (χ1) is 13.3. The zero-order valence-electron chi connectivity index (χ0n) is 15.8. The Morgan fingerprint density at radius 3 is 2.15 bits per heavy atom. The molecule has 0 fully saturated rings. The molecule has 4 aromatic carbocycles. The molecule has 0 radical (unpaired) electrons. The molecule has 0 aromatic heterocycles. The average Bonchev–Trinajstić information content (AvgIpc) is 2.73. The Bertz CT molecular complexity index is 1180. The van der Waals surface area contributed by atoms with Crippen LogP contribution in [0, 0.1) is 5.92 Å². The molecule has 27 heavy (non-hydrogen) atoms. The lowest BCUT2D eigenvalue weighted by atomic mass is 9.61. The van der Waals surface area contributed by atoms with E-state index < -0.39 is 0 Å². The number of fused-ring (bicyclic) bond motifs is 9. The molecule has 0 heteroatoms. The lowest BCUT2D eigenvalue weighted by Gasteiger charge is -2.42. The topological polar surface area (TPSA) is 0 Å². The van der Waals surface area contributed by atoms with Crippen LogP contribution in [-0.2, 0) is 6.42 Å². The van der Waals surface area contributed by atoms with E-state index in [1.807, 2.05) is 0 Å². The highest BCUT2D eigenvalue weighted by Gasteiger charge is 2.39. The van der Waals surface area contributed by atoms with Crippen molar-refractivity contribution in [3.8, 4) is 0 Å². The van der Waals surface area contributed by atoms with E-state index in [4.69, 9.17) is 0 Å². The maximum absolute atomic E-state index is 2.43. The SMILES string of the molecule is C[C@@H]1C[C@H]2CCc3ccc4ccccc4c3[C@@H]2c2c1ccc1ccccc21. The van der Waals surface area contributed by atoms with Gasteiger partial charge in [-0.2, -0.15) is 0 Å². The van der Waals surface area contributed by atoms with Gasteiger partial charge >= 0.3 is 0 Å².